The molecule has 4 nitrogen and oxygen atoms in total. The number of hydrogen-bond acceptors (Lipinski definition) is 3. The van der Waals surface area contributed by atoms with Crippen molar-refractivity contribution in [2.24, 2.45) is 5.41 Å². The normalized spacial score (nSPS) is 22.0. The lowest BCUT2D eigenvalue weighted by Crippen LogP contribution is -2.49. The molecule has 1 fully saturated rings. The van der Waals surface area contributed by atoms with Crippen molar-refractivity contribution in [2.75, 3.05) is 19.8 Å². The SMILES string of the molecule is CC(CC(=O)O)NCC1(C)COC1. The Bertz CT molecular complexity index is 189. The Balaban J connectivity index is 2.14. The minimum absolute atomic E-state index is 0.0370. The van der Waals surface area contributed by atoms with Crippen LogP contribution in [0.15, 0.2) is 0 Å². The maximum atomic E-state index is 10.4. The minimum Gasteiger partial charge on any atom is -0.481 e. The van der Waals surface area contributed by atoms with Crippen molar-refractivity contribution in [3.05, 3.63) is 0 Å². The molecule has 1 rings (SSSR count). The summed E-state index contributed by atoms with van der Waals surface area (Å²) in [6.45, 7) is 6.41. The van der Waals surface area contributed by atoms with Crippen LogP contribution in [-0.4, -0.2) is 36.9 Å². The highest BCUT2D eigenvalue weighted by molar-refractivity contribution is 5.67. The van der Waals surface area contributed by atoms with Crippen molar-refractivity contribution in [2.45, 2.75) is 26.3 Å². The molecule has 13 heavy (non-hydrogen) atoms. The van der Waals surface area contributed by atoms with E-state index in [9.17, 15) is 4.79 Å². The van der Waals surface area contributed by atoms with Gasteiger partial charge in [0.15, 0.2) is 0 Å². The van der Waals surface area contributed by atoms with E-state index in [2.05, 4.69) is 12.2 Å². The molecule has 1 heterocycles. The van der Waals surface area contributed by atoms with Gasteiger partial charge in [0, 0.05) is 18.0 Å². The number of carboxylic acid groups (broad SMARTS) is 1. The van der Waals surface area contributed by atoms with E-state index in [-0.39, 0.29) is 17.9 Å². The molecule has 0 saturated carbocycles. The molecule has 0 spiro atoms. The summed E-state index contributed by atoms with van der Waals surface area (Å²) in [7, 11) is 0. The predicted octanol–water partition coefficient (Wildman–Crippen LogP) is 0.476. The number of carbonyl (C=O) groups is 1. The molecular formula is C9H17NO3. The summed E-state index contributed by atoms with van der Waals surface area (Å²) < 4.78 is 5.09. The molecule has 0 bridgehead atoms. The third-order valence-electron chi connectivity index (χ3n) is 2.26. The third kappa shape index (κ3) is 3.32. The highest BCUT2D eigenvalue weighted by atomic mass is 16.5. The summed E-state index contributed by atoms with van der Waals surface area (Å²) in [5.74, 6) is -0.755. The molecule has 0 aliphatic carbocycles. The molecular weight excluding hydrogens is 170 g/mol. The fraction of sp³-hybridized carbons (Fsp3) is 0.889. The maximum absolute atomic E-state index is 10.4. The second-order valence-corrected chi connectivity index (χ2v) is 4.18. The molecule has 0 aromatic rings. The average Bonchev–Trinajstić information content (AvgIpc) is 1.96. The number of rotatable bonds is 5. The van der Waals surface area contributed by atoms with E-state index in [1.165, 1.54) is 0 Å². The van der Waals surface area contributed by atoms with Gasteiger partial charge in [0.25, 0.3) is 0 Å². The van der Waals surface area contributed by atoms with Gasteiger partial charge >= 0.3 is 5.97 Å². The fourth-order valence-corrected chi connectivity index (χ4v) is 1.31. The zero-order valence-corrected chi connectivity index (χ0v) is 8.17. The van der Waals surface area contributed by atoms with Gasteiger partial charge in [-0.3, -0.25) is 4.79 Å². The second kappa shape index (κ2) is 4.07. The van der Waals surface area contributed by atoms with Crippen LogP contribution in [0.3, 0.4) is 0 Å². The lowest BCUT2D eigenvalue weighted by molar-refractivity contribution is -0.137. The van der Waals surface area contributed by atoms with Crippen molar-refractivity contribution in [3.8, 4) is 0 Å². The third-order valence-corrected chi connectivity index (χ3v) is 2.26. The molecule has 0 aromatic heterocycles. The molecule has 2 N–H and O–H groups in total. The first-order valence-electron chi connectivity index (χ1n) is 4.55. The van der Waals surface area contributed by atoms with Gasteiger partial charge in [-0.05, 0) is 6.92 Å². The summed E-state index contributed by atoms with van der Waals surface area (Å²) >= 11 is 0. The lowest BCUT2D eigenvalue weighted by Gasteiger charge is -2.38. The molecule has 1 aliphatic heterocycles. The summed E-state index contributed by atoms with van der Waals surface area (Å²) in [5, 5.41) is 11.7. The number of carboxylic acids is 1. The summed E-state index contributed by atoms with van der Waals surface area (Å²) in [5.41, 5.74) is 0.215. The molecule has 1 saturated heterocycles. The van der Waals surface area contributed by atoms with Crippen molar-refractivity contribution in [3.63, 3.8) is 0 Å². The Morgan fingerprint density at radius 3 is 2.69 bits per heavy atom. The maximum Gasteiger partial charge on any atom is 0.304 e. The van der Waals surface area contributed by atoms with E-state index < -0.39 is 5.97 Å². The van der Waals surface area contributed by atoms with Gasteiger partial charge in [0.05, 0.1) is 19.6 Å². The van der Waals surface area contributed by atoms with Crippen LogP contribution in [0, 0.1) is 5.41 Å². The minimum atomic E-state index is -0.755. The molecule has 4 heteroatoms. The van der Waals surface area contributed by atoms with Crippen molar-refractivity contribution >= 4 is 5.97 Å². The van der Waals surface area contributed by atoms with Crippen molar-refractivity contribution in [1.29, 1.82) is 0 Å². The first-order chi connectivity index (χ1) is 6.02. The zero-order valence-electron chi connectivity index (χ0n) is 8.17. The number of nitrogens with one attached hydrogen (secondary N) is 1. The van der Waals surface area contributed by atoms with E-state index in [1.807, 2.05) is 6.92 Å². The van der Waals surface area contributed by atoms with Crippen molar-refractivity contribution in [1.82, 2.24) is 5.32 Å². The molecule has 0 amide bonds. The van der Waals surface area contributed by atoms with E-state index in [1.54, 1.807) is 0 Å². The molecule has 0 aromatic carbocycles. The van der Waals surface area contributed by atoms with Crippen LogP contribution in [0.5, 0.6) is 0 Å². The fourth-order valence-electron chi connectivity index (χ4n) is 1.31. The van der Waals surface area contributed by atoms with Crippen LogP contribution in [0.4, 0.5) is 0 Å². The number of aliphatic carboxylic acids is 1. The Hall–Kier alpha value is -0.610. The van der Waals surface area contributed by atoms with Crippen molar-refractivity contribution < 1.29 is 14.6 Å². The lowest BCUT2D eigenvalue weighted by atomic mass is 9.88. The molecule has 0 radical (unpaired) electrons. The van der Waals surface area contributed by atoms with Crippen LogP contribution in [-0.2, 0) is 9.53 Å². The Morgan fingerprint density at radius 1 is 1.69 bits per heavy atom. The molecule has 76 valence electrons. The van der Waals surface area contributed by atoms with Gasteiger partial charge in [-0.15, -0.1) is 0 Å². The van der Waals surface area contributed by atoms with Crippen LogP contribution < -0.4 is 5.32 Å². The predicted molar refractivity (Wildman–Crippen MR) is 48.6 cm³/mol. The van der Waals surface area contributed by atoms with Crippen LogP contribution >= 0.6 is 0 Å². The van der Waals surface area contributed by atoms with Gasteiger partial charge < -0.3 is 15.2 Å². The standard InChI is InChI=1S/C9H17NO3/c1-7(3-8(11)12)10-4-9(2)5-13-6-9/h7,10H,3-6H2,1-2H3,(H,11,12). The monoisotopic (exact) mass is 187 g/mol. The average molecular weight is 187 g/mol. The van der Waals surface area contributed by atoms with E-state index in [4.69, 9.17) is 9.84 Å². The Labute approximate surface area is 78.3 Å². The molecule has 1 atom stereocenters. The first-order valence-corrected chi connectivity index (χ1v) is 4.55. The Kier molecular flexibility index (Phi) is 3.27. The quantitative estimate of drug-likeness (QED) is 0.657. The summed E-state index contributed by atoms with van der Waals surface area (Å²) in [6, 6.07) is 0.0370. The number of ether oxygens (including phenoxy) is 1. The highest BCUT2D eigenvalue weighted by Gasteiger charge is 2.33. The topological polar surface area (TPSA) is 58.6 Å². The summed E-state index contributed by atoms with van der Waals surface area (Å²) in [4.78, 5) is 10.4. The van der Waals surface area contributed by atoms with Gasteiger partial charge in [-0.2, -0.15) is 0 Å². The van der Waals surface area contributed by atoms with E-state index in [0.717, 1.165) is 19.8 Å². The zero-order chi connectivity index (χ0) is 9.90. The van der Waals surface area contributed by atoms with Crippen LogP contribution in [0.2, 0.25) is 0 Å². The van der Waals surface area contributed by atoms with Gasteiger partial charge in [0.2, 0.25) is 0 Å². The number of hydrogen-bond donors (Lipinski definition) is 2. The highest BCUT2D eigenvalue weighted by Crippen LogP contribution is 2.25. The Morgan fingerprint density at radius 2 is 2.31 bits per heavy atom. The van der Waals surface area contributed by atoms with Crippen LogP contribution in [0.1, 0.15) is 20.3 Å². The van der Waals surface area contributed by atoms with Gasteiger partial charge in [-0.1, -0.05) is 6.92 Å². The van der Waals surface area contributed by atoms with E-state index in [0.29, 0.717) is 0 Å². The van der Waals surface area contributed by atoms with Gasteiger partial charge in [0.1, 0.15) is 0 Å². The van der Waals surface area contributed by atoms with Crippen LogP contribution in [0.25, 0.3) is 0 Å². The van der Waals surface area contributed by atoms with E-state index >= 15 is 0 Å². The van der Waals surface area contributed by atoms with Gasteiger partial charge in [-0.25, -0.2) is 0 Å². The smallest absolute Gasteiger partial charge is 0.304 e. The molecule has 1 aliphatic rings. The molecule has 1 unspecified atom stereocenters. The largest absolute Gasteiger partial charge is 0.481 e. The summed E-state index contributed by atoms with van der Waals surface area (Å²) in [6.07, 6.45) is 0.178. The second-order valence-electron chi connectivity index (χ2n) is 4.18. The first kappa shape index (κ1) is 10.5.